The normalized spacial score (nSPS) is 18.9. The molecule has 2 atom stereocenters. The molecular weight excluding hydrogens is 385 g/mol. The van der Waals surface area contributed by atoms with Gasteiger partial charge >= 0.3 is 0 Å². The Morgan fingerprint density at radius 2 is 1.78 bits per heavy atom. The average Bonchev–Trinajstić information content (AvgIpc) is 2.64. The Bertz CT molecular complexity index is 796. The van der Waals surface area contributed by atoms with E-state index in [4.69, 9.17) is 11.6 Å². The molecule has 3 N–H and O–H groups in total. The summed E-state index contributed by atoms with van der Waals surface area (Å²) in [6.07, 6.45) is 1.98. The van der Waals surface area contributed by atoms with Crippen molar-refractivity contribution in [2.24, 2.45) is 0 Å². The van der Waals surface area contributed by atoms with Gasteiger partial charge in [0.15, 0.2) is 0 Å². The van der Waals surface area contributed by atoms with Gasteiger partial charge in [-0.3, -0.25) is 9.59 Å². The van der Waals surface area contributed by atoms with Crippen LogP contribution < -0.4 is 16.0 Å². The van der Waals surface area contributed by atoms with Gasteiger partial charge in [0.2, 0.25) is 0 Å². The van der Waals surface area contributed by atoms with Crippen molar-refractivity contribution in [2.45, 2.75) is 31.8 Å². The first-order valence-electron chi connectivity index (χ1n) is 8.75. The second-order valence-corrected chi connectivity index (χ2v) is 6.91. The Morgan fingerprint density at radius 1 is 1.07 bits per heavy atom. The Labute approximate surface area is 170 Å². The fourth-order valence-electron chi connectivity index (χ4n) is 3.07. The molecule has 2 aromatic carbocycles. The number of anilines is 1. The summed E-state index contributed by atoms with van der Waals surface area (Å²) in [6, 6.07) is 13.9. The molecule has 2 aromatic rings. The lowest BCUT2D eigenvalue weighted by Crippen LogP contribution is -2.52. The minimum Gasteiger partial charge on any atom is -0.348 e. The molecule has 1 saturated heterocycles. The van der Waals surface area contributed by atoms with Crippen LogP contribution >= 0.6 is 24.0 Å². The number of hydrogen-bond acceptors (Lipinski definition) is 3. The van der Waals surface area contributed by atoms with Gasteiger partial charge in [0, 0.05) is 22.7 Å². The topological polar surface area (TPSA) is 70.2 Å². The van der Waals surface area contributed by atoms with Crippen molar-refractivity contribution in [1.29, 1.82) is 0 Å². The molecule has 0 bridgehead atoms. The minimum atomic E-state index is -0.283. The third-order valence-electron chi connectivity index (χ3n) is 4.60. The number of carbonyl (C=O) groups is 2. The molecule has 1 fully saturated rings. The number of hydrogen-bond donors (Lipinski definition) is 3. The molecule has 0 aromatic heterocycles. The minimum absolute atomic E-state index is 0. The highest BCUT2D eigenvalue weighted by molar-refractivity contribution is 6.30. The summed E-state index contributed by atoms with van der Waals surface area (Å²) in [5, 5.41) is 9.83. The summed E-state index contributed by atoms with van der Waals surface area (Å²) >= 11 is 5.86. The Kier molecular flexibility index (Phi) is 7.66. The highest BCUT2D eigenvalue weighted by Gasteiger charge is 2.24. The first-order chi connectivity index (χ1) is 12.5. The van der Waals surface area contributed by atoms with Crippen molar-refractivity contribution in [3.63, 3.8) is 0 Å². The second kappa shape index (κ2) is 9.74. The van der Waals surface area contributed by atoms with Gasteiger partial charge in [-0.1, -0.05) is 23.7 Å². The quantitative estimate of drug-likeness (QED) is 0.719. The number of rotatable bonds is 4. The van der Waals surface area contributed by atoms with Crippen molar-refractivity contribution in [1.82, 2.24) is 10.6 Å². The summed E-state index contributed by atoms with van der Waals surface area (Å²) in [5.41, 5.74) is 1.42. The second-order valence-electron chi connectivity index (χ2n) is 6.47. The molecule has 2 amide bonds. The predicted octanol–water partition coefficient (Wildman–Crippen LogP) is 3.88. The first-order valence-corrected chi connectivity index (χ1v) is 9.12. The van der Waals surface area contributed by atoms with Crippen molar-refractivity contribution >= 4 is 41.5 Å². The molecule has 27 heavy (non-hydrogen) atoms. The Balaban J connectivity index is 0.00000261. The van der Waals surface area contributed by atoms with E-state index in [0.29, 0.717) is 21.8 Å². The van der Waals surface area contributed by atoms with Gasteiger partial charge in [-0.05, 0) is 62.7 Å². The van der Waals surface area contributed by atoms with Gasteiger partial charge < -0.3 is 16.0 Å². The largest absolute Gasteiger partial charge is 0.348 e. The molecule has 2 unspecified atom stereocenters. The number of nitrogens with one attached hydrogen (secondary N) is 3. The van der Waals surface area contributed by atoms with Gasteiger partial charge in [-0.25, -0.2) is 0 Å². The third-order valence-corrected chi connectivity index (χ3v) is 4.86. The molecular formula is C20H23Cl2N3O2. The van der Waals surface area contributed by atoms with Gasteiger partial charge in [-0.15, -0.1) is 12.4 Å². The van der Waals surface area contributed by atoms with E-state index < -0.39 is 0 Å². The first kappa shape index (κ1) is 21.2. The fourth-order valence-corrected chi connectivity index (χ4v) is 3.20. The number of halogens is 2. The molecule has 7 heteroatoms. The van der Waals surface area contributed by atoms with E-state index in [1.165, 1.54) is 0 Å². The zero-order valence-corrected chi connectivity index (χ0v) is 16.6. The lowest BCUT2D eigenvalue weighted by atomic mass is 9.99. The molecule has 0 radical (unpaired) electrons. The lowest BCUT2D eigenvalue weighted by Gasteiger charge is -2.30. The van der Waals surface area contributed by atoms with Gasteiger partial charge in [0.25, 0.3) is 11.8 Å². The van der Waals surface area contributed by atoms with E-state index >= 15 is 0 Å². The fraction of sp³-hybridized carbons (Fsp3) is 0.300. The molecule has 3 rings (SSSR count). The zero-order valence-electron chi connectivity index (χ0n) is 15.0. The highest BCUT2D eigenvalue weighted by atomic mass is 35.5. The van der Waals surface area contributed by atoms with E-state index in [2.05, 4.69) is 22.9 Å². The van der Waals surface area contributed by atoms with Crippen LogP contribution in [0.4, 0.5) is 5.69 Å². The van der Waals surface area contributed by atoms with Crippen LogP contribution in [-0.4, -0.2) is 30.4 Å². The Hall–Kier alpha value is -2.08. The van der Waals surface area contributed by atoms with Crippen molar-refractivity contribution in [3.8, 4) is 0 Å². The van der Waals surface area contributed by atoms with Crippen LogP contribution in [0.2, 0.25) is 5.02 Å². The number of benzene rings is 2. The molecule has 0 aliphatic carbocycles. The molecule has 1 aliphatic rings. The monoisotopic (exact) mass is 407 g/mol. The molecule has 0 spiro atoms. The summed E-state index contributed by atoms with van der Waals surface area (Å²) < 4.78 is 0. The molecule has 1 heterocycles. The molecule has 0 saturated carbocycles. The number of amides is 2. The van der Waals surface area contributed by atoms with Crippen LogP contribution in [0.15, 0.2) is 48.5 Å². The Morgan fingerprint density at radius 3 is 2.48 bits per heavy atom. The highest BCUT2D eigenvalue weighted by Crippen LogP contribution is 2.18. The standard InChI is InChI=1S/C20H22ClN3O2.ClH/c1-13-17(7-4-12-22-13)23-20(26)16-5-2-3-6-18(16)24-19(25)14-8-10-15(21)11-9-14;/h2-3,5-6,8-11,13,17,22H,4,7,12H2,1H3,(H,23,26)(H,24,25);1H. The number of piperidine rings is 1. The number of carbonyl (C=O) groups excluding carboxylic acids is 2. The molecule has 144 valence electrons. The summed E-state index contributed by atoms with van der Waals surface area (Å²) in [5.74, 6) is -0.466. The summed E-state index contributed by atoms with van der Waals surface area (Å²) in [4.78, 5) is 25.2. The van der Waals surface area contributed by atoms with Gasteiger partial charge in [0.05, 0.1) is 11.3 Å². The summed E-state index contributed by atoms with van der Waals surface area (Å²) in [6.45, 7) is 3.04. The van der Waals surface area contributed by atoms with Gasteiger partial charge in [-0.2, -0.15) is 0 Å². The van der Waals surface area contributed by atoms with Crippen LogP contribution in [0, 0.1) is 0 Å². The van der Waals surface area contributed by atoms with Crippen molar-refractivity contribution in [2.75, 3.05) is 11.9 Å². The van der Waals surface area contributed by atoms with Gasteiger partial charge in [0.1, 0.15) is 0 Å². The molecule has 5 nitrogen and oxygen atoms in total. The lowest BCUT2D eigenvalue weighted by molar-refractivity contribution is 0.0920. The maximum atomic E-state index is 12.7. The maximum Gasteiger partial charge on any atom is 0.255 e. The van der Waals surface area contributed by atoms with Crippen LogP contribution in [0.1, 0.15) is 40.5 Å². The van der Waals surface area contributed by atoms with Crippen LogP contribution in [-0.2, 0) is 0 Å². The van der Waals surface area contributed by atoms with Crippen molar-refractivity contribution in [3.05, 3.63) is 64.7 Å². The zero-order chi connectivity index (χ0) is 18.5. The van der Waals surface area contributed by atoms with Crippen LogP contribution in [0.5, 0.6) is 0 Å². The van der Waals surface area contributed by atoms with Crippen LogP contribution in [0.3, 0.4) is 0 Å². The van der Waals surface area contributed by atoms with E-state index in [0.717, 1.165) is 19.4 Å². The third kappa shape index (κ3) is 5.45. The van der Waals surface area contributed by atoms with Crippen LogP contribution in [0.25, 0.3) is 0 Å². The average molecular weight is 408 g/mol. The number of para-hydroxylation sites is 1. The smallest absolute Gasteiger partial charge is 0.255 e. The predicted molar refractivity (Wildman–Crippen MR) is 111 cm³/mol. The van der Waals surface area contributed by atoms with E-state index in [9.17, 15) is 9.59 Å². The van der Waals surface area contributed by atoms with E-state index in [-0.39, 0.29) is 36.3 Å². The summed E-state index contributed by atoms with van der Waals surface area (Å²) in [7, 11) is 0. The van der Waals surface area contributed by atoms with E-state index in [1.54, 1.807) is 48.5 Å². The van der Waals surface area contributed by atoms with Crippen molar-refractivity contribution < 1.29 is 9.59 Å². The SMILES string of the molecule is CC1NCCCC1NC(=O)c1ccccc1NC(=O)c1ccc(Cl)cc1.Cl. The maximum absolute atomic E-state index is 12.7. The van der Waals surface area contributed by atoms with E-state index in [1.807, 2.05) is 0 Å². The molecule has 1 aliphatic heterocycles.